The van der Waals surface area contributed by atoms with Crippen molar-refractivity contribution >= 4 is 10.0 Å². The Hall–Kier alpha value is -1.42. The van der Waals surface area contributed by atoms with Crippen LogP contribution in [0.25, 0.3) is 0 Å². The van der Waals surface area contributed by atoms with Crippen molar-refractivity contribution in [1.29, 1.82) is 5.26 Å². The van der Waals surface area contributed by atoms with Crippen LogP contribution in [-0.2, 0) is 10.0 Å². The molecule has 1 aromatic rings. The number of piperidine rings is 1. The molecule has 1 unspecified atom stereocenters. The van der Waals surface area contributed by atoms with Gasteiger partial charge in [-0.2, -0.15) is 9.57 Å². The minimum Gasteiger partial charge on any atom is -0.320 e. The normalized spacial score (nSPS) is 20.1. The van der Waals surface area contributed by atoms with Gasteiger partial charge in [0, 0.05) is 12.6 Å². The number of nitriles is 1. The van der Waals surface area contributed by atoms with Gasteiger partial charge in [0.25, 0.3) is 0 Å². The zero-order chi connectivity index (χ0) is 15.3. The highest BCUT2D eigenvalue weighted by molar-refractivity contribution is 7.89. The molecule has 1 saturated heterocycles. The number of hydrogen-bond donors (Lipinski definition) is 1. The molecule has 21 heavy (non-hydrogen) atoms. The van der Waals surface area contributed by atoms with Crippen molar-refractivity contribution in [1.82, 2.24) is 9.62 Å². The average molecular weight is 307 g/mol. The Kier molecular flexibility index (Phi) is 5.34. The smallest absolute Gasteiger partial charge is 0.243 e. The molecule has 1 fully saturated rings. The number of rotatable bonds is 5. The number of nitrogens with zero attached hydrogens (tertiary/aromatic N) is 2. The summed E-state index contributed by atoms with van der Waals surface area (Å²) in [5.41, 5.74) is 0.375. The van der Waals surface area contributed by atoms with Crippen molar-refractivity contribution in [2.24, 2.45) is 0 Å². The summed E-state index contributed by atoms with van der Waals surface area (Å²) < 4.78 is 27.3. The molecule has 0 amide bonds. The third-order valence-corrected chi connectivity index (χ3v) is 5.82. The fourth-order valence-corrected chi connectivity index (χ4v) is 4.52. The molecule has 0 saturated carbocycles. The highest BCUT2D eigenvalue weighted by Gasteiger charge is 2.33. The van der Waals surface area contributed by atoms with E-state index in [2.05, 4.69) is 5.32 Å². The van der Waals surface area contributed by atoms with Gasteiger partial charge < -0.3 is 5.32 Å². The summed E-state index contributed by atoms with van der Waals surface area (Å²) in [4.78, 5) is 0.220. The molecule has 1 aliphatic rings. The van der Waals surface area contributed by atoms with Crippen LogP contribution >= 0.6 is 0 Å². The molecular weight excluding hydrogens is 286 g/mol. The summed E-state index contributed by atoms with van der Waals surface area (Å²) >= 11 is 0. The molecule has 1 aromatic carbocycles. The highest BCUT2D eigenvalue weighted by atomic mass is 32.2. The predicted octanol–water partition coefficient (Wildman–Crippen LogP) is 1.71. The van der Waals surface area contributed by atoms with Crippen LogP contribution in [0.4, 0.5) is 0 Å². The lowest BCUT2D eigenvalue weighted by molar-refractivity contribution is 0.240. The van der Waals surface area contributed by atoms with Gasteiger partial charge in [-0.1, -0.05) is 12.5 Å². The maximum absolute atomic E-state index is 12.8. The third kappa shape index (κ3) is 3.62. The quantitative estimate of drug-likeness (QED) is 0.899. The summed E-state index contributed by atoms with van der Waals surface area (Å²) in [6, 6.07) is 8.31. The first-order chi connectivity index (χ1) is 10.1. The highest BCUT2D eigenvalue weighted by Crippen LogP contribution is 2.27. The third-order valence-electron chi connectivity index (χ3n) is 3.87. The van der Waals surface area contributed by atoms with E-state index in [1.807, 2.05) is 13.1 Å². The first-order valence-corrected chi connectivity index (χ1v) is 8.70. The van der Waals surface area contributed by atoms with Crippen molar-refractivity contribution in [2.45, 2.75) is 36.6 Å². The van der Waals surface area contributed by atoms with E-state index in [9.17, 15) is 8.42 Å². The standard InChI is InChI=1S/C15H21N3O2S/c1-17-9-8-14-6-2-3-10-18(14)21(19,20)15-7-4-5-13(11-15)12-16/h4-5,7,11,14,17H,2-3,6,8-10H2,1H3. The lowest BCUT2D eigenvalue weighted by atomic mass is 10.0. The molecule has 6 heteroatoms. The van der Waals surface area contributed by atoms with Crippen LogP contribution in [0.5, 0.6) is 0 Å². The van der Waals surface area contributed by atoms with Crippen molar-refractivity contribution in [2.75, 3.05) is 20.1 Å². The van der Waals surface area contributed by atoms with Crippen LogP contribution in [0.15, 0.2) is 29.2 Å². The summed E-state index contributed by atoms with van der Waals surface area (Å²) in [7, 11) is -1.65. The van der Waals surface area contributed by atoms with E-state index in [0.29, 0.717) is 12.1 Å². The summed E-state index contributed by atoms with van der Waals surface area (Å²) in [6.45, 7) is 1.36. The first kappa shape index (κ1) is 16.0. The second-order valence-electron chi connectivity index (χ2n) is 5.30. The summed E-state index contributed by atoms with van der Waals surface area (Å²) in [6.07, 6.45) is 3.68. The van der Waals surface area contributed by atoms with E-state index >= 15 is 0 Å². The summed E-state index contributed by atoms with van der Waals surface area (Å²) in [5.74, 6) is 0. The monoisotopic (exact) mass is 307 g/mol. The van der Waals surface area contributed by atoms with E-state index in [-0.39, 0.29) is 10.9 Å². The molecule has 0 aromatic heterocycles. The van der Waals surface area contributed by atoms with Crippen LogP contribution in [0.2, 0.25) is 0 Å². The van der Waals surface area contributed by atoms with Gasteiger partial charge in [-0.15, -0.1) is 0 Å². The Morgan fingerprint density at radius 1 is 1.43 bits per heavy atom. The molecule has 0 bridgehead atoms. The fraction of sp³-hybridized carbons (Fsp3) is 0.533. The minimum absolute atomic E-state index is 0.0435. The molecule has 1 heterocycles. The molecule has 1 aliphatic heterocycles. The molecular formula is C15H21N3O2S. The van der Waals surface area contributed by atoms with Gasteiger partial charge in [0.15, 0.2) is 0 Å². The lowest BCUT2D eigenvalue weighted by Crippen LogP contribution is -2.44. The van der Waals surface area contributed by atoms with Gasteiger partial charge in [-0.25, -0.2) is 8.42 Å². The largest absolute Gasteiger partial charge is 0.320 e. The number of sulfonamides is 1. The number of benzene rings is 1. The average Bonchev–Trinajstić information content (AvgIpc) is 2.53. The SMILES string of the molecule is CNCCC1CCCCN1S(=O)(=O)c1cccc(C#N)c1. The van der Waals surface area contributed by atoms with Crippen molar-refractivity contribution in [3.63, 3.8) is 0 Å². The van der Waals surface area contributed by atoms with Gasteiger partial charge in [-0.05, 0) is 51.1 Å². The van der Waals surface area contributed by atoms with Gasteiger partial charge in [-0.3, -0.25) is 0 Å². The van der Waals surface area contributed by atoms with Crippen molar-refractivity contribution in [3.05, 3.63) is 29.8 Å². The van der Waals surface area contributed by atoms with E-state index in [1.54, 1.807) is 22.5 Å². The van der Waals surface area contributed by atoms with Crippen LogP contribution in [-0.4, -0.2) is 38.9 Å². The fourth-order valence-electron chi connectivity index (χ4n) is 2.75. The van der Waals surface area contributed by atoms with Gasteiger partial charge in [0.1, 0.15) is 0 Å². The maximum atomic E-state index is 12.8. The molecule has 1 atom stereocenters. The Morgan fingerprint density at radius 2 is 2.24 bits per heavy atom. The molecule has 114 valence electrons. The van der Waals surface area contributed by atoms with E-state index in [0.717, 1.165) is 32.2 Å². The van der Waals surface area contributed by atoms with E-state index < -0.39 is 10.0 Å². The topological polar surface area (TPSA) is 73.2 Å². The predicted molar refractivity (Wildman–Crippen MR) is 81.2 cm³/mol. The molecule has 0 aliphatic carbocycles. The Bertz CT molecular complexity index is 622. The zero-order valence-electron chi connectivity index (χ0n) is 12.2. The van der Waals surface area contributed by atoms with Gasteiger partial charge >= 0.3 is 0 Å². The number of hydrogen-bond acceptors (Lipinski definition) is 4. The number of nitrogens with one attached hydrogen (secondary N) is 1. The van der Waals surface area contributed by atoms with E-state index in [4.69, 9.17) is 5.26 Å². The van der Waals surface area contributed by atoms with Gasteiger partial charge in [0.05, 0.1) is 16.5 Å². The molecule has 0 radical (unpaired) electrons. The molecule has 5 nitrogen and oxygen atoms in total. The minimum atomic E-state index is -3.52. The van der Waals surface area contributed by atoms with Crippen LogP contribution in [0, 0.1) is 11.3 Å². The second-order valence-corrected chi connectivity index (χ2v) is 7.19. The lowest BCUT2D eigenvalue weighted by Gasteiger charge is -2.34. The van der Waals surface area contributed by atoms with Crippen LogP contribution < -0.4 is 5.32 Å². The molecule has 0 spiro atoms. The second kappa shape index (κ2) is 7.03. The molecule has 1 N–H and O–H groups in total. The van der Waals surface area contributed by atoms with Crippen molar-refractivity contribution < 1.29 is 8.42 Å². The maximum Gasteiger partial charge on any atom is 0.243 e. The van der Waals surface area contributed by atoms with E-state index in [1.165, 1.54) is 6.07 Å². The van der Waals surface area contributed by atoms with Gasteiger partial charge in [0.2, 0.25) is 10.0 Å². The zero-order valence-corrected chi connectivity index (χ0v) is 13.1. The van der Waals surface area contributed by atoms with Crippen molar-refractivity contribution in [3.8, 4) is 6.07 Å². The first-order valence-electron chi connectivity index (χ1n) is 7.26. The Balaban J connectivity index is 2.29. The Labute approximate surface area is 126 Å². The van der Waals surface area contributed by atoms with Crippen LogP contribution in [0.3, 0.4) is 0 Å². The Morgan fingerprint density at radius 3 is 2.95 bits per heavy atom. The summed E-state index contributed by atoms with van der Waals surface area (Å²) in [5, 5.41) is 12.0. The van der Waals surface area contributed by atoms with Crippen LogP contribution in [0.1, 0.15) is 31.2 Å². The molecule has 2 rings (SSSR count).